The van der Waals surface area contributed by atoms with E-state index in [0.29, 0.717) is 5.92 Å². The molecule has 0 radical (unpaired) electrons. The third-order valence-electron chi connectivity index (χ3n) is 4.45. The lowest BCUT2D eigenvalue weighted by Gasteiger charge is -2.50. The van der Waals surface area contributed by atoms with E-state index in [1.807, 2.05) is 0 Å². The molecule has 2 aliphatic rings. The molecule has 0 amide bonds. The van der Waals surface area contributed by atoms with Crippen molar-refractivity contribution < 1.29 is 5.11 Å². The van der Waals surface area contributed by atoms with E-state index in [0.717, 1.165) is 19.5 Å². The predicted molar refractivity (Wildman–Crippen MR) is 58.2 cm³/mol. The Kier molecular flexibility index (Phi) is 2.61. The van der Waals surface area contributed by atoms with Crippen LogP contribution in [0.3, 0.4) is 0 Å². The quantitative estimate of drug-likeness (QED) is 0.673. The van der Waals surface area contributed by atoms with Crippen LogP contribution in [-0.2, 0) is 0 Å². The summed E-state index contributed by atoms with van der Waals surface area (Å²) in [6.07, 6.45) is 6.04. The summed E-state index contributed by atoms with van der Waals surface area (Å²) in [6.45, 7) is 6.35. The summed E-state index contributed by atoms with van der Waals surface area (Å²) >= 11 is 0. The summed E-state index contributed by atoms with van der Waals surface area (Å²) in [7, 11) is 0. The minimum Gasteiger partial charge on any atom is -0.389 e. The SMILES string of the molecule is CC1(C)CNCCC1(O)C1CCCC1. The summed E-state index contributed by atoms with van der Waals surface area (Å²) in [5.41, 5.74) is -0.366. The lowest BCUT2D eigenvalue weighted by Crippen LogP contribution is -2.59. The highest BCUT2D eigenvalue weighted by Crippen LogP contribution is 2.47. The summed E-state index contributed by atoms with van der Waals surface area (Å²) < 4.78 is 0. The van der Waals surface area contributed by atoms with E-state index in [4.69, 9.17) is 0 Å². The van der Waals surface area contributed by atoms with E-state index in [2.05, 4.69) is 19.2 Å². The van der Waals surface area contributed by atoms with Crippen molar-refractivity contribution in [2.45, 2.75) is 51.6 Å². The molecule has 2 nitrogen and oxygen atoms in total. The van der Waals surface area contributed by atoms with Gasteiger partial charge in [-0.05, 0) is 31.7 Å². The third-order valence-corrected chi connectivity index (χ3v) is 4.45. The zero-order valence-electron chi connectivity index (χ0n) is 9.47. The first kappa shape index (κ1) is 10.4. The Balaban J connectivity index is 2.17. The molecule has 1 aliphatic carbocycles. The van der Waals surface area contributed by atoms with Crippen molar-refractivity contribution in [3.63, 3.8) is 0 Å². The fraction of sp³-hybridized carbons (Fsp3) is 1.00. The molecule has 1 atom stereocenters. The predicted octanol–water partition coefficient (Wildman–Crippen LogP) is 1.93. The zero-order valence-corrected chi connectivity index (χ0v) is 9.47. The Labute approximate surface area is 87.1 Å². The van der Waals surface area contributed by atoms with Gasteiger partial charge in [-0.15, -0.1) is 0 Å². The molecule has 1 heterocycles. The first-order valence-corrected chi connectivity index (χ1v) is 5.99. The van der Waals surface area contributed by atoms with Crippen molar-refractivity contribution in [3.05, 3.63) is 0 Å². The molecular formula is C12H23NO. The van der Waals surface area contributed by atoms with Gasteiger partial charge in [0.15, 0.2) is 0 Å². The van der Waals surface area contributed by atoms with Gasteiger partial charge in [0, 0.05) is 12.0 Å². The van der Waals surface area contributed by atoms with Gasteiger partial charge in [-0.2, -0.15) is 0 Å². The van der Waals surface area contributed by atoms with Gasteiger partial charge in [-0.1, -0.05) is 26.7 Å². The maximum atomic E-state index is 10.9. The van der Waals surface area contributed by atoms with E-state index < -0.39 is 5.60 Å². The number of aliphatic hydroxyl groups is 1. The molecule has 0 spiro atoms. The minimum atomic E-state index is -0.408. The summed E-state index contributed by atoms with van der Waals surface area (Å²) in [5.74, 6) is 0.555. The van der Waals surface area contributed by atoms with Crippen LogP contribution in [0.25, 0.3) is 0 Å². The molecule has 1 unspecified atom stereocenters. The van der Waals surface area contributed by atoms with Gasteiger partial charge >= 0.3 is 0 Å². The molecule has 0 aromatic heterocycles. The summed E-state index contributed by atoms with van der Waals surface area (Å²) in [5, 5.41) is 14.3. The molecule has 2 fully saturated rings. The number of rotatable bonds is 1. The van der Waals surface area contributed by atoms with Crippen LogP contribution in [0.1, 0.15) is 46.0 Å². The van der Waals surface area contributed by atoms with Crippen LogP contribution in [0, 0.1) is 11.3 Å². The number of piperidine rings is 1. The smallest absolute Gasteiger partial charge is 0.0750 e. The van der Waals surface area contributed by atoms with Gasteiger partial charge < -0.3 is 10.4 Å². The van der Waals surface area contributed by atoms with E-state index in [1.165, 1.54) is 25.7 Å². The maximum absolute atomic E-state index is 10.9. The molecule has 1 saturated carbocycles. The van der Waals surface area contributed by atoms with Gasteiger partial charge in [0.25, 0.3) is 0 Å². The molecule has 82 valence electrons. The Morgan fingerprint density at radius 3 is 2.43 bits per heavy atom. The minimum absolute atomic E-state index is 0.0419. The van der Waals surface area contributed by atoms with Crippen LogP contribution in [0.15, 0.2) is 0 Å². The van der Waals surface area contributed by atoms with E-state index >= 15 is 0 Å². The number of nitrogens with one attached hydrogen (secondary N) is 1. The highest BCUT2D eigenvalue weighted by Gasteiger charge is 2.50. The molecule has 2 N–H and O–H groups in total. The van der Waals surface area contributed by atoms with Crippen LogP contribution in [0.5, 0.6) is 0 Å². The van der Waals surface area contributed by atoms with Crippen molar-refractivity contribution in [3.8, 4) is 0 Å². The first-order valence-electron chi connectivity index (χ1n) is 5.99. The molecule has 0 aromatic carbocycles. The van der Waals surface area contributed by atoms with Gasteiger partial charge in [-0.25, -0.2) is 0 Å². The third kappa shape index (κ3) is 1.49. The molecule has 1 aliphatic heterocycles. The maximum Gasteiger partial charge on any atom is 0.0750 e. The molecule has 2 rings (SSSR count). The van der Waals surface area contributed by atoms with Gasteiger partial charge in [0.05, 0.1) is 5.60 Å². The average molecular weight is 197 g/mol. The lowest BCUT2D eigenvalue weighted by molar-refractivity contribution is -0.128. The zero-order chi connectivity index (χ0) is 10.2. The fourth-order valence-electron chi connectivity index (χ4n) is 3.33. The van der Waals surface area contributed by atoms with Crippen LogP contribution in [0.2, 0.25) is 0 Å². The molecule has 1 saturated heterocycles. The average Bonchev–Trinajstić information content (AvgIpc) is 2.63. The topological polar surface area (TPSA) is 32.3 Å². The fourth-order valence-corrected chi connectivity index (χ4v) is 3.33. The van der Waals surface area contributed by atoms with Crippen LogP contribution < -0.4 is 5.32 Å². The molecule has 2 heteroatoms. The highest BCUT2D eigenvalue weighted by atomic mass is 16.3. The van der Waals surface area contributed by atoms with Gasteiger partial charge in [-0.3, -0.25) is 0 Å². The molecule has 0 bridgehead atoms. The number of hydrogen-bond donors (Lipinski definition) is 2. The second-order valence-corrected chi connectivity index (χ2v) is 5.72. The second kappa shape index (κ2) is 3.49. The monoisotopic (exact) mass is 197 g/mol. The molecule has 0 aromatic rings. The van der Waals surface area contributed by atoms with Crippen LogP contribution >= 0.6 is 0 Å². The van der Waals surface area contributed by atoms with E-state index in [1.54, 1.807) is 0 Å². The second-order valence-electron chi connectivity index (χ2n) is 5.72. The number of hydrogen-bond acceptors (Lipinski definition) is 2. The Morgan fingerprint density at radius 2 is 1.86 bits per heavy atom. The Bertz CT molecular complexity index is 208. The highest BCUT2D eigenvalue weighted by molar-refractivity contribution is 5.03. The molecule has 14 heavy (non-hydrogen) atoms. The standard InChI is InChI=1S/C12H23NO/c1-11(2)9-13-8-7-12(11,14)10-5-3-4-6-10/h10,13-14H,3-9H2,1-2H3. The van der Waals surface area contributed by atoms with Gasteiger partial charge in [0.1, 0.15) is 0 Å². The van der Waals surface area contributed by atoms with E-state index in [-0.39, 0.29) is 5.41 Å². The largest absolute Gasteiger partial charge is 0.389 e. The van der Waals surface area contributed by atoms with Crippen molar-refractivity contribution in [2.24, 2.45) is 11.3 Å². The Hall–Kier alpha value is -0.0800. The summed E-state index contributed by atoms with van der Waals surface area (Å²) in [4.78, 5) is 0. The van der Waals surface area contributed by atoms with Crippen molar-refractivity contribution in [1.82, 2.24) is 5.32 Å². The lowest BCUT2D eigenvalue weighted by atomic mass is 9.64. The molecular weight excluding hydrogens is 174 g/mol. The van der Waals surface area contributed by atoms with E-state index in [9.17, 15) is 5.11 Å². The van der Waals surface area contributed by atoms with Crippen LogP contribution in [0.4, 0.5) is 0 Å². The van der Waals surface area contributed by atoms with Crippen molar-refractivity contribution in [2.75, 3.05) is 13.1 Å². The summed E-state index contributed by atoms with van der Waals surface area (Å²) in [6, 6.07) is 0. The van der Waals surface area contributed by atoms with Crippen molar-refractivity contribution >= 4 is 0 Å². The first-order chi connectivity index (χ1) is 6.56. The van der Waals surface area contributed by atoms with Crippen molar-refractivity contribution in [1.29, 1.82) is 0 Å². The Morgan fingerprint density at radius 1 is 1.21 bits per heavy atom. The van der Waals surface area contributed by atoms with Gasteiger partial charge in [0.2, 0.25) is 0 Å². The normalized spacial score (nSPS) is 38.8. The van der Waals surface area contributed by atoms with Crippen LogP contribution in [-0.4, -0.2) is 23.8 Å².